The molecule has 0 unspecified atom stereocenters. The zero-order chi connectivity index (χ0) is 28.5. The number of morpholine rings is 1. The molecule has 0 radical (unpaired) electrons. The second kappa shape index (κ2) is 10.8. The SMILES string of the molecule is C[C@H]1COCCN1c1cc(C2(S(=O)(=O)c3ccncc3)CC2)nc(-c2ccc(NC(=O)NC(C)(C)CO)cc2)n1. The number of nitrogens with one attached hydrogen (secondary N) is 2. The first kappa shape index (κ1) is 27.9. The quantitative estimate of drug-likeness (QED) is 0.374. The largest absolute Gasteiger partial charge is 0.394 e. The smallest absolute Gasteiger partial charge is 0.319 e. The van der Waals surface area contributed by atoms with E-state index < -0.39 is 26.2 Å². The summed E-state index contributed by atoms with van der Waals surface area (Å²) in [4.78, 5) is 28.3. The van der Waals surface area contributed by atoms with Crippen molar-refractivity contribution in [1.29, 1.82) is 0 Å². The van der Waals surface area contributed by atoms with Crippen LogP contribution in [0.1, 0.15) is 39.3 Å². The first-order valence-corrected chi connectivity index (χ1v) is 14.7. The molecule has 2 aliphatic rings. The van der Waals surface area contributed by atoms with Crippen LogP contribution in [0.2, 0.25) is 0 Å². The van der Waals surface area contributed by atoms with Crippen molar-refractivity contribution in [2.24, 2.45) is 0 Å². The topological polar surface area (TPSA) is 147 Å². The number of aliphatic hydroxyl groups is 1. The molecule has 1 aromatic carbocycles. The van der Waals surface area contributed by atoms with Crippen LogP contribution in [-0.2, 0) is 19.3 Å². The number of sulfone groups is 1. The normalized spacial score (nSPS) is 18.7. The van der Waals surface area contributed by atoms with Crippen molar-refractivity contribution < 1.29 is 23.1 Å². The van der Waals surface area contributed by atoms with Gasteiger partial charge in [-0.05, 0) is 70.0 Å². The Bertz CT molecular complexity index is 1480. The number of amides is 2. The third-order valence-corrected chi connectivity index (χ3v) is 9.81. The van der Waals surface area contributed by atoms with Gasteiger partial charge in [-0.25, -0.2) is 23.2 Å². The van der Waals surface area contributed by atoms with Crippen LogP contribution in [0.3, 0.4) is 0 Å². The van der Waals surface area contributed by atoms with Gasteiger partial charge in [0.25, 0.3) is 0 Å². The third-order valence-electron chi connectivity index (χ3n) is 7.27. The molecule has 2 amide bonds. The highest BCUT2D eigenvalue weighted by Gasteiger charge is 2.58. The highest BCUT2D eigenvalue weighted by Crippen LogP contribution is 2.55. The van der Waals surface area contributed by atoms with E-state index in [1.54, 1.807) is 44.2 Å². The lowest BCUT2D eigenvalue weighted by Gasteiger charge is -2.34. The number of hydrogen-bond acceptors (Lipinski definition) is 9. The van der Waals surface area contributed by atoms with Gasteiger partial charge < -0.3 is 25.4 Å². The van der Waals surface area contributed by atoms with Gasteiger partial charge in [-0.15, -0.1) is 0 Å². The van der Waals surface area contributed by atoms with Crippen molar-refractivity contribution in [3.8, 4) is 11.4 Å². The number of urea groups is 1. The molecule has 2 aromatic heterocycles. The molecule has 1 atom stereocenters. The Hall–Kier alpha value is -3.61. The van der Waals surface area contributed by atoms with Gasteiger partial charge >= 0.3 is 6.03 Å². The van der Waals surface area contributed by atoms with E-state index >= 15 is 0 Å². The molecule has 40 heavy (non-hydrogen) atoms. The molecule has 1 aliphatic heterocycles. The number of nitrogens with zero attached hydrogens (tertiary/aromatic N) is 4. The molecule has 3 aromatic rings. The minimum atomic E-state index is -3.72. The van der Waals surface area contributed by atoms with Crippen molar-refractivity contribution in [1.82, 2.24) is 20.3 Å². The number of hydrogen-bond donors (Lipinski definition) is 3. The van der Waals surface area contributed by atoms with E-state index in [2.05, 4.69) is 20.5 Å². The van der Waals surface area contributed by atoms with Crippen molar-refractivity contribution >= 4 is 27.4 Å². The number of carbonyl (C=O) groups excluding carboxylic acids is 1. The Labute approximate surface area is 233 Å². The summed E-state index contributed by atoms with van der Waals surface area (Å²) >= 11 is 0. The summed E-state index contributed by atoms with van der Waals surface area (Å²) in [5, 5.41) is 14.9. The Balaban J connectivity index is 1.51. The van der Waals surface area contributed by atoms with Crippen LogP contribution in [0.25, 0.3) is 11.4 Å². The van der Waals surface area contributed by atoms with Gasteiger partial charge in [-0.1, -0.05) is 0 Å². The molecule has 212 valence electrons. The van der Waals surface area contributed by atoms with E-state index in [0.29, 0.717) is 61.2 Å². The minimum Gasteiger partial charge on any atom is -0.394 e. The summed E-state index contributed by atoms with van der Waals surface area (Å²) in [5.41, 5.74) is 0.937. The summed E-state index contributed by atoms with van der Waals surface area (Å²) in [5.74, 6) is 1.06. The monoisotopic (exact) mass is 566 g/mol. The number of aromatic nitrogens is 3. The number of aliphatic hydroxyl groups excluding tert-OH is 1. The fourth-order valence-electron chi connectivity index (χ4n) is 4.74. The van der Waals surface area contributed by atoms with Crippen LogP contribution in [0, 0.1) is 0 Å². The molecule has 1 saturated carbocycles. The zero-order valence-corrected chi connectivity index (χ0v) is 23.6. The predicted octanol–water partition coefficient (Wildman–Crippen LogP) is 3.12. The number of benzene rings is 1. The van der Waals surface area contributed by atoms with Gasteiger partial charge in [0.2, 0.25) is 0 Å². The second-order valence-corrected chi connectivity index (χ2v) is 13.2. The fourth-order valence-corrected chi connectivity index (χ4v) is 6.69. The van der Waals surface area contributed by atoms with Crippen molar-refractivity contribution in [3.05, 3.63) is 60.6 Å². The molecule has 11 nitrogen and oxygen atoms in total. The van der Waals surface area contributed by atoms with Crippen LogP contribution >= 0.6 is 0 Å². The molecular weight excluding hydrogens is 532 g/mol. The third kappa shape index (κ3) is 5.51. The lowest BCUT2D eigenvalue weighted by molar-refractivity contribution is 0.0985. The van der Waals surface area contributed by atoms with Crippen molar-refractivity contribution in [3.63, 3.8) is 0 Å². The summed E-state index contributed by atoms with van der Waals surface area (Å²) in [6, 6.07) is 11.5. The predicted molar refractivity (Wildman–Crippen MR) is 151 cm³/mol. The molecule has 3 heterocycles. The van der Waals surface area contributed by atoms with Gasteiger partial charge in [0.15, 0.2) is 15.7 Å². The number of carbonyl (C=O) groups is 1. The number of ether oxygens (including phenoxy) is 1. The van der Waals surface area contributed by atoms with E-state index in [-0.39, 0.29) is 17.5 Å². The first-order valence-electron chi connectivity index (χ1n) is 13.2. The van der Waals surface area contributed by atoms with Crippen LogP contribution in [0.4, 0.5) is 16.3 Å². The van der Waals surface area contributed by atoms with E-state index in [4.69, 9.17) is 14.7 Å². The molecule has 3 N–H and O–H groups in total. The summed E-state index contributed by atoms with van der Waals surface area (Å²) in [6.45, 7) is 7.01. The molecule has 5 rings (SSSR count). The molecule has 2 fully saturated rings. The van der Waals surface area contributed by atoms with Gasteiger partial charge in [-0.3, -0.25) is 4.98 Å². The summed E-state index contributed by atoms with van der Waals surface area (Å²) in [7, 11) is -3.72. The lowest BCUT2D eigenvalue weighted by atomic mass is 10.1. The van der Waals surface area contributed by atoms with Gasteiger partial charge in [0.05, 0.1) is 42.0 Å². The Morgan fingerprint density at radius 2 is 1.85 bits per heavy atom. The minimum absolute atomic E-state index is 0.0598. The van der Waals surface area contributed by atoms with Crippen LogP contribution in [0.5, 0.6) is 0 Å². The number of anilines is 2. The molecular formula is C28H34N6O5S. The average molecular weight is 567 g/mol. The second-order valence-electron chi connectivity index (χ2n) is 10.9. The van der Waals surface area contributed by atoms with Crippen molar-refractivity contribution in [2.75, 3.05) is 36.6 Å². The maximum Gasteiger partial charge on any atom is 0.319 e. The molecule has 1 saturated heterocycles. The van der Waals surface area contributed by atoms with Crippen LogP contribution in [-0.4, -0.2) is 72.5 Å². The van der Waals surface area contributed by atoms with E-state index in [1.807, 2.05) is 6.92 Å². The lowest BCUT2D eigenvalue weighted by Crippen LogP contribution is -2.48. The van der Waals surface area contributed by atoms with Gasteiger partial charge in [0, 0.05) is 36.3 Å². The molecule has 0 bridgehead atoms. The molecule has 0 spiro atoms. The van der Waals surface area contributed by atoms with Crippen LogP contribution in [0.15, 0.2) is 59.8 Å². The number of pyridine rings is 1. The maximum absolute atomic E-state index is 13.8. The fraction of sp³-hybridized carbons (Fsp3) is 0.429. The first-order chi connectivity index (χ1) is 19.0. The Morgan fingerprint density at radius 1 is 1.15 bits per heavy atom. The van der Waals surface area contributed by atoms with Crippen molar-refractivity contribution in [2.45, 2.75) is 54.8 Å². The summed E-state index contributed by atoms with van der Waals surface area (Å²) in [6.07, 6.45) is 3.90. The Morgan fingerprint density at radius 3 is 2.48 bits per heavy atom. The van der Waals surface area contributed by atoms with E-state index in [9.17, 15) is 18.3 Å². The highest BCUT2D eigenvalue weighted by atomic mass is 32.2. The summed E-state index contributed by atoms with van der Waals surface area (Å²) < 4.78 is 32.1. The zero-order valence-electron chi connectivity index (χ0n) is 22.8. The highest BCUT2D eigenvalue weighted by molar-refractivity contribution is 7.92. The van der Waals surface area contributed by atoms with Crippen LogP contribution < -0.4 is 15.5 Å². The van der Waals surface area contributed by atoms with Gasteiger partial charge in [0.1, 0.15) is 10.6 Å². The molecule has 1 aliphatic carbocycles. The standard InChI is InChI=1S/C28H34N6O5S/c1-19-17-39-15-14-34(19)24-16-23(28(10-11-28)40(37,38)22-8-12-29-13-9-22)31-25(32-24)20-4-6-21(7-5-20)30-26(36)33-27(2,3)18-35/h4-9,12-13,16,19,35H,10-11,14-15,17-18H2,1-3H3,(H2,30,33,36)/t19-/m0/s1. The average Bonchev–Trinajstić information content (AvgIpc) is 3.77. The van der Waals surface area contributed by atoms with Gasteiger partial charge in [-0.2, -0.15) is 0 Å². The van der Waals surface area contributed by atoms with E-state index in [1.165, 1.54) is 24.5 Å². The maximum atomic E-state index is 13.8. The van der Waals surface area contributed by atoms with E-state index in [0.717, 1.165) is 0 Å². The molecule has 12 heteroatoms. The Kier molecular flexibility index (Phi) is 7.51. The number of rotatable bonds is 8.